The summed E-state index contributed by atoms with van der Waals surface area (Å²) >= 11 is 0. The molecule has 0 atom stereocenters. The van der Waals surface area contributed by atoms with Gasteiger partial charge in [-0.1, -0.05) is 37.3 Å². The lowest BCUT2D eigenvalue weighted by Crippen LogP contribution is -2.22. The van der Waals surface area contributed by atoms with Gasteiger partial charge in [0.2, 0.25) is 0 Å². The fourth-order valence-electron chi connectivity index (χ4n) is 2.98. The Labute approximate surface area is 183 Å². The van der Waals surface area contributed by atoms with Gasteiger partial charge in [-0.25, -0.2) is 4.39 Å². The van der Waals surface area contributed by atoms with E-state index in [1.165, 1.54) is 36.4 Å². The Bertz CT molecular complexity index is 1170. The summed E-state index contributed by atoms with van der Waals surface area (Å²) in [6.45, 7) is 1.35. The highest BCUT2D eigenvalue weighted by atomic mass is 19.1. The molecule has 0 aliphatic heterocycles. The smallest absolute Gasteiger partial charge is 0.274 e. The van der Waals surface area contributed by atoms with E-state index in [0.717, 1.165) is 0 Å². The van der Waals surface area contributed by atoms with Gasteiger partial charge in [0.1, 0.15) is 11.6 Å². The second-order valence-electron chi connectivity index (χ2n) is 6.72. The zero-order valence-electron chi connectivity index (χ0n) is 17.1. The largest absolute Gasteiger partial charge is 0.483 e. The minimum absolute atomic E-state index is 0.0178. The van der Waals surface area contributed by atoms with E-state index in [2.05, 4.69) is 10.6 Å². The number of ether oxygens (including phenoxy) is 1. The first kappa shape index (κ1) is 22.4. The third-order valence-electron chi connectivity index (χ3n) is 4.56. The molecule has 3 aromatic carbocycles. The predicted molar refractivity (Wildman–Crippen MR) is 117 cm³/mol. The summed E-state index contributed by atoms with van der Waals surface area (Å²) in [5, 5.41) is 16.3. The average molecular weight is 437 g/mol. The molecule has 2 N–H and O–H groups in total. The van der Waals surface area contributed by atoms with Crippen LogP contribution in [0.15, 0.2) is 66.7 Å². The number of hydrogen-bond acceptors (Lipinski definition) is 5. The minimum Gasteiger partial charge on any atom is -0.483 e. The van der Waals surface area contributed by atoms with E-state index in [1.54, 1.807) is 37.3 Å². The summed E-state index contributed by atoms with van der Waals surface area (Å²) in [5.74, 6) is -1.61. The van der Waals surface area contributed by atoms with Crippen LogP contribution in [0.4, 0.5) is 21.5 Å². The standard InChI is InChI=1S/C23H20FN3O5/c1-2-15-11-12-16(13-20(15)27(30)31)25-23(29)17-7-3-6-10-21(17)32-14-22(28)26-19-9-5-4-8-18(19)24/h3-13H,2,14H2,1H3,(H,25,29)(H,26,28). The first-order valence-corrected chi connectivity index (χ1v) is 9.74. The molecule has 0 saturated heterocycles. The van der Waals surface area contributed by atoms with Gasteiger partial charge in [-0.3, -0.25) is 19.7 Å². The van der Waals surface area contributed by atoms with Crippen LogP contribution < -0.4 is 15.4 Å². The van der Waals surface area contributed by atoms with Crippen molar-refractivity contribution in [2.45, 2.75) is 13.3 Å². The van der Waals surface area contributed by atoms with Crippen molar-refractivity contribution in [1.82, 2.24) is 0 Å². The van der Waals surface area contributed by atoms with E-state index in [4.69, 9.17) is 4.74 Å². The number of nitrogens with zero attached hydrogens (tertiary/aromatic N) is 1. The number of hydrogen-bond donors (Lipinski definition) is 2. The van der Waals surface area contributed by atoms with Gasteiger partial charge >= 0.3 is 0 Å². The van der Waals surface area contributed by atoms with Crippen LogP contribution in [0.3, 0.4) is 0 Å². The number of nitrogens with one attached hydrogen (secondary N) is 2. The third kappa shape index (κ3) is 5.45. The molecule has 9 heteroatoms. The maximum Gasteiger partial charge on any atom is 0.274 e. The molecule has 0 radical (unpaired) electrons. The van der Waals surface area contributed by atoms with E-state index in [0.29, 0.717) is 12.0 Å². The zero-order valence-corrected chi connectivity index (χ0v) is 17.1. The maximum atomic E-state index is 13.7. The number of nitro benzene ring substituents is 1. The van der Waals surface area contributed by atoms with Gasteiger partial charge in [-0.2, -0.15) is 0 Å². The number of benzene rings is 3. The predicted octanol–water partition coefficient (Wildman–Crippen LogP) is 4.57. The highest BCUT2D eigenvalue weighted by molar-refractivity contribution is 6.06. The lowest BCUT2D eigenvalue weighted by molar-refractivity contribution is -0.385. The summed E-state index contributed by atoms with van der Waals surface area (Å²) in [6.07, 6.45) is 0.482. The van der Waals surface area contributed by atoms with Gasteiger partial charge in [0, 0.05) is 17.3 Å². The highest BCUT2D eigenvalue weighted by Crippen LogP contribution is 2.25. The molecule has 32 heavy (non-hydrogen) atoms. The topological polar surface area (TPSA) is 111 Å². The van der Waals surface area contributed by atoms with Crippen molar-refractivity contribution in [3.05, 3.63) is 93.8 Å². The molecular weight excluding hydrogens is 417 g/mol. The lowest BCUT2D eigenvalue weighted by Gasteiger charge is -2.12. The number of para-hydroxylation sites is 2. The fourth-order valence-corrected chi connectivity index (χ4v) is 2.98. The van der Waals surface area contributed by atoms with Gasteiger partial charge < -0.3 is 15.4 Å². The molecular formula is C23H20FN3O5. The summed E-state index contributed by atoms with van der Waals surface area (Å²) < 4.78 is 19.1. The van der Waals surface area contributed by atoms with Crippen molar-refractivity contribution in [2.75, 3.05) is 17.2 Å². The molecule has 0 heterocycles. The Morgan fingerprint density at radius 1 is 1.03 bits per heavy atom. The van der Waals surface area contributed by atoms with Gasteiger partial charge in [0.25, 0.3) is 17.5 Å². The molecule has 164 valence electrons. The van der Waals surface area contributed by atoms with E-state index >= 15 is 0 Å². The van der Waals surface area contributed by atoms with Crippen LogP contribution in [0.25, 0.3) is 0 Å². The Morgan fingerprint density at radius 3 is 2.47 bits per heavy atom. The van der Waals surface area contributed by atoms with Crippen LogP contribution in [-0.4, -0.2) is 23.3 Å². The summed E-state index contributed by atoms with van der Waals surface area (Å²) in [4.78, 5) is 35.6. The van der Waals surface area contributed by atoms with Gasteiger partial charge in [-0.05, 0) is 36.8 Å². The highest BCUT2D eigenvalue weighted by Gasteiger charge is 2.17. The van der Waals surface area contributed by atoms with E-state index in [1.807, 2.05) is 0 Å². The lowest BCUT2D eigenvalue weighted by atomic mass is 10.1. The molecule has 2 amide bonds. The Balaban J connectivity index is 1.70. The van der Waals surface area contributed by atoms with Crippen molar-refractivity contribution in [3.63, 3.8) is 0 Å². The van der Waals surface area contributed by atoms with Gasteiger partial charge in [-0.15, -0.1) is 0 Å². The zero-order chi connectivity index (χ0) is 23.1. The number of rotatable bonds is 8. The molecule has 0 spiro atoms. The van der Waals surface area contributed by atoms with Crippen LogP contribution in [0.5, 0.6) is 5.75 Å². The molecule has 8 nitrogen and oxygen atoms in total. The van der Waals surface area contributed by atoms with Crippen molar-refractivity contribution in [3.8, 4) is 5.75 Å². The van der Waals surface area contributed by atoms with Crippen molar-refractivity contribution in [2.24, 2.45) is 0 Å². The number of carbonyl (C=O) groups is 2. The minimum atomic E-state index is -0.601. The third-order valence-corrected chi connectivity index (χ3v) is 4.56. The van der Waals surface area contributed by atoms with Crippen LogP contribution in [0.2, 0.25) is 0 Å². The Morgan fingerprint density at radius 2 is 1.75 bits per heavy atom. The van der Waals surface area contributed by atoms with Crippen molar-refractivity contribution >= 4 is 28.9 Å². The van der Waals surface area contributed by atoms with Crippen LogP contribution in [0.1, 0.15) is 22.8 Å². The molecule has 3 aromatic rings. The summed E-state index contributed by atoms with van der Waals surface area (Å²) in [6, 6.07) is 16.4. The van der Waals surface area contributed by atoms with E-state index in [-0.39, 0.29) is 28.4 Å². The summed E-state index contributed by atoms with van der Waals surface area (Å²) in [5.41, 5.74) is 0.876. The number of halogens is 1. The number of anilines is 2. The Kier molecular flexibility index (Phi) is 7.12. The first-order chi connectivity index (χ1) is 15.4. The van der Waals surface area contributed by atoms with E-state index in [9.17, 15) is 24.1 Å². The van der Waals surface area contributed by atoms with Crippen LogP contribution in [-0.2, 0) is 11.2 Å². The number of carbonyl (C=O) groups excluding carboxylic acids is 2. The number of nitro groups is 1. The van der Waals surface area contributed by atoms with E-state index < -0.39 is 29.2 Å². The monoisotopic (exact) mass is 437 g/mol. The molecule has 0 fully saturated rings. The molecule has 0 aliphatic carbocycles. The molecule has 0 aliphatic rings. The SMILES string of the molecule is CCc1ccc(NC(=O)c2ccccc2OCC(=O)Nc2ccccc2F)cc1[N+](=O)[O-]. The molecule has 3 rings (SSSR count). The second kappa shape index (κ2) is 10.2. The Hall–Kier alpha value is -4.27. The van der Waals surface area contributed by atoms with Crippen molar-refractivity contribution < 1.29 is 23.6 Å². The number of aryl methyl sites for hydroxylation is 1. The summed E-state index contributed by atoms with van der Waals surface area (Å²) in [7, 11) is 0. The number of amides is 2. The fraction of sp³-hybridized carbons (Fsp3) is 0.130. The second-order valence-corrected chi connectivity index (χ2v) is 6.72. The quantitative estimate of drug-likeness (QED) is 0.396. The molecule has 0 saturated carbocycles. The first-order valence-electron chi connectivity index (χ1n) is 9.74. The molecule has 0 unspecified atom stereocenters. The maximum absolute atomic E-state index is 13.7. The van der Waals surface area contributed by atoms with Crippen LogP contribution in [0, 0.1) is 15.9 Å². The van der Waals surface area contributed by atoms with Gasteiger partial charge in [0.15, 0.2) is 6.61 Å². The molecule has 0 aromatic heterocycles. The molecule has 0 bridgehead atoms. The average Bonchev–Trinajstić information content (AvgIpc) is 2.79. The van der Waals surface area contributed by atoms with Crippen molar-refractivity contribution in [1.29, 1.82) is 0 Å². The van der Waals surface area contributed by atoms with Gasteiger partial charge in [0.05, 0.1) is 16.2 Å². The van der Waals surface area contributed by atoms with Crippen LogP contribution >= 0.6 is 0 Å². The normalized spacial score (nSPS) is 10.3.